The lowest BCUT2D eigenvalue weighted by Crippen LogP contribution is -2.15. The molecule has 3 heterocycles. The van der Waals surface area contributed by atoms with Crippen molar-refractivity contribution in [3.8, 4) is 22.9 Å². The Kier molecular flexibility index (Phi) is 5.14. The largest absolute Gasteiger partial charge is 0.493 e. The molecule has 0 unspecified atom stereocenters. The summed E-state index contributed by atoms with van der Waals surface area (Å²) in [7, 11) is 2.95. The maximum absolute atomic E-state index is 12.8. The van der Waals surface area contributed by atoms with Crippen LogP contribution in [0.15, 0.2) is 54.7 Å². The van der Waals surface area contributed by atoms with Gasteiger partial charge in [0.2, 0.25) is 5.91 Å². The number of hydrogen-bond acceptors (Lipinski definition) is 7. The molecule has 9 heteroatoms. The number of ether oxygens (including phenoxy) is 3. The molecule has 0 aliphatic carbocycles. The van der Waals surface area contributed by atoms with E-state index < -0.39 is 12.1 Å². The van der Waals surface area contributed by atoms with Crippen LogP contribution in [-0.2, 0) is 9.53 Å². The number of H-pyrrole nitrogens is 1. The minimum absolute atomic E-state index is 0.0347. The summed E-state index contributed by atoms with van der Waals surface area (Å²) in [6.07, 6.45) is 0.938. The van der Waals surface area contributed by atoms with Crippen LogP contribution in [0.5, 0.6) is 11.5 Å². The zero-order chi connectivity index (χ0) is 22.9. The van der Waals surface area contributed by atoms with Crippen LogP contribution in [-0.4, -0.2) is 41.0 Å². The van der Waals surface area contributed by atoms with Gasteiger partial charge in [-0.1, -0.05) is 18.2 Å². The summed E-state index contributed by atoms with van der Waals surface area (Å²) in [5.74, 6) is 0.546. The summed E-state index contributed by atoms with van der Waals surface area (Å²) in [4.78, 5) is 37.1. The topological polar surface area (TPSA) is 115 Å². The number of carbonyl (C=O) groups is 2. The normalized spacial score (nSPS) is 14.6. The number of methoxy groups -OCH3 is 2. The van der Waals surface area contributed by atoms with E-state index in [1.54, 1.807) is 24.4 Å². The van der Waals surface area contributed by atoms with Crippen molar-refractivity contribution < 1.29 is 23.8 Å². The highest BCUT2D eigenvalue weighted by atomic mass is 16.6. The molecule has 1 aliphatic heterocycles. The van der Waals surface area contributed by atoms with Crippen LogP contribution in [0, 0.1) is 0 Å². The van der Waals surface area contributed by atoms with Crippen LogP contribution in [0.3, 0.4) is 0 Å². The van der Waals surface area contributed by atoms with E-state index >= 15 is 0 Å². The fourth-order valence-corrected chi connectivity index (χ4v) is 3.93. The van der Waals surface area contributed by atoms with Crippen molar-refractivity contribution in [2.24, 2.45) is 0 Å². The maximum atomic E-state index is 12.8. The predicted octanol–water partition coefficient (Wildman–Crippen LogP) is 3.88. The Balaban J connectivity index is 1.34. The lowest BCUT2D eigenvalue weighted by atomic mass is 10.0. The molecule has 0 saturated heterocycles. The number of benzene rings is 2. The number of esters is 1. The van der Waals surface area contributed by atoms with Crippen molar-refractivity contribution in [3.05, 3.63) is 65.9 Å². The Hall–Kier alpha value is -4.40. The van der Waals surface area contributed by atoms with Gasteiger partial charge < -0.3 is 24.5 Å². The van der Waals surface area contributed by atoms with Gasteiger partial charge in [0.15, 0.2) is 17.1 Å². The van der Waals surface area contributed by atoms with Gasteiger partial charge in [0.1, 0.15) is 17.5 Å². The first-order chi connectivity index (χ1) is 16.1. The number of amides is 1. The number of aromatic amines is 1. The van der Waals surface area contributed by atoms with Gasteiger partial charge in [0, 0.05) is 23.0 Å². The highest BCUT2D eigenvalue weighted by molar-refractivity contribution is 5.99. The maximum Gasteiger partial charge on any atom is 0.343 e. The van der Waals surface area contributed by atoms with E-state index in [4.69, 9.17) is 14.2 Å². The van der Waals surface area contributed by atoms with Crippen molar-refractivity contribution in [1.82, 2.24) is 15.0 Å². The summed E-state index contributed by atoms with van der Waals surface area (Å²) in [5, 5.41) is 2.87. The molecule has 2 aromatic heterocycles. The highest BCUT2D eigenvalue weighted by Crippen LogP contribution is 2.43. The van der Waals surface area contributed by atoms with Crippen LogP contribution in [0.4, 0.5) is 5.69 Å². The van der Waals surface area contributed by atoms with Gasteiger partial charge in [-0.05, 0) is 30.3 Å². The van der Waals surface area contributed by atoms with E-state index in [1.165, 1.54) is 14.2 Å². The van der Waals surface area contributed by atoms with E-state index in [-0.39, 0.29) is 17.9 Å². The number of nitrogens with one attached hydrogen (secondary N) is 2. The van der Waals surface area contributed by atoms with Crippen molar-refractivity contribution in [1.29, 1.82) is 0 Å². The first-order valence-corrected chi connectivity index (χ1v) is 10.2. The van der Waals surface area contributed by atoms with Gasteiger partial charge in [-0.2, -0.15) is 0 Å². The number of anilines is 1. The number of rotatable bonds is 6. The van der Waals surface area contributed by atoms with Crippen LogP contribution in [0.1, 0.15) is 28.4 Å². The average Bonchev–Trinajstić information content (AvgIpc) is 3.40. The molecule has 0 saturated carbocycles. The first kappa shape index (κ1) is 20.5. The van der Waals surface area contributed by atoms with Crippen molar-refractivity contribution in [3.63, 3.8) is 0 Å². The molecule has 33 heavy (non-hydrogen) atoms. The summed E-state index contributed by atoms with van der Waals surface area (Å²) >= 11 is 0. The van der Waals surface area contributed by atoms with Gasteiger partial charge >= 0.3 is 5.97 Å². The average molecular weight is 444 g/mol. The van der Waals surface area contributed by atoms with Crippen LogP contribution in [0.25, 0.3) is 22.6 Å². The van der Waals surface area contributed by atoms with E-state index in [1.807, 2.05) is 30.3 Å². The second-order valence-corrected chi connectivity index (χ2v) is 7.45. The summed E-state index contributed by atoms with van der Waals surface area (Å²) in [5.41, 5.74) is 3.74. The molecule has 9 nitrogen and oxygen atoms in total. The van der Waals surface area contributed by atoms with Gasteiger partial charge in [-0.25, -0.2) is 14.8 Å². The molecule has 1 atom stereocenters. The standard InChI is InChI=1S/C24H20N4O5/c1-31-17-9-8-15-18(33-24(30)20(15)21(17)32-2)12-19(29)26-14-6-3-5-13(11-14)22-27-16-7-4-10-25-23(16)28-22/h3-11,18H,12H2,1-2H3,(H,26,29)(H,25,27,28)/t18-/m0/s1. The second kappa shape index (κ2) is 8.27. The molecule has 0 fully saturated rings. The summed E-state index contributed by atoms with van der Waals surface area (Å²) in [6.45, 7) is 0. The quantitative estimate of drug-likeness (QED) is 0.434. The predicted molar refractivity (Wildman–Crippen MR) is 120 cm³/mol. The minimum Gasteiger partial charge on any atom is -0.493 e. The molecule has 1 amide bonds. The number of fused-ring (bicyclic) bond motifs is 2. The Morgan fingerprint density at radius 2 is 2.03 bits per heavy atom. The van der Waals surface area contributed by atoms with Crippen LogP contribution < -0.4 is 14.8 Å². The van der Waals surface area contributed by atoms with Gasteiger partial charge in [-0.15, -0.1) is 0 Å². The van der Waals surface area contributed by atoms with Gasteiger partial charge in [-0.3, -0.25) is 4.79 Å². The second-order valence-electron chi connectivity index (χ2n) is 7.45. The molecule has 0 radical (unpaired) electrons. The Morgan fingerprint density at radius 3 is 2.82 bits per heavy atom. The third kappa shape index (κ3) is 3.73. The number of nitrogens with zero attached hydrogens (tertiary/aromatic N) is 2. The molecule has 1 aliphatic rings. The fourth-order valence-electron chi connectivity index (χ4n) is 3.93. The fraction of sp³-hybridized carbons (Fsp3) is 0.167. The van der Waals surface area contributed by atoms with E-state index in [9.17, 15) is 9.59 Å². The minimum atomic E-state index is -0.711. The smallest absolute Gasteiger partial charge is 0.343 e. The van der Waals surface area contributed by atoms with Gasteiger partial charge in [0.25, 0.3) is 0 Å². The molecule has 166 valence electrons. The summed E-state index contributed by atoms with van der Waals surface area (Å²) < 4.78 is 16.0. The Labute approximate surface area is 188 Å². The van der Waals surface area contributed by atoms with Crippen LogP contribution >= 0.6 is 0 Å². The lowest BCUT2D eigenvalue weighted by Gasteiger charge is -2.13. The van der Waals surface area contributed by atoms with Gasteiger partial charge in [0.05, 0.1) is 26.2 Å². The molecular weight excluding hydrogens is 424 g/mol. The third-order valence-electron chi connectivity index (χ3n) is 5.43. The van der Waals surface area contributed by atoms with E-state index in [0.29, 0.717) is 34.2 Å². The molecular formula is C24H20N4O5. The van der Waals surface area contributed by atoms with Crippen molar-refractivity contribution in [2.75, 3.05) is 19.5 Å². The van der Waals surface area contributed by atoms with E-state index in [0.717, 1.165) is 11.1 Å². The molecule has 5 rings (SSSR count). The number of imidazole rings is 1. The van der Waals surface area contributed by atoms with Crippen LogP contribution in [0.2, 0.25) is 0 Å². The number of carbonyl (C=O) groups excluding carboxylic acids is 2. The zero-order valence-corrected chi connectivity index (χ0v) is 17.9. The lowest BCUT2D eigenvalue weighted by molar-refractivity contribution is -0.118. The zero-order valence-electron chi connectivity index (χ0n) is 17.9. The number of pyridine rings is 1. The molecule has 4 aromatic rings. The first-order valence-electron chi connectivity index (χ1n) is 10.2. The Bertz CT molecular complexity index is 1350. The summed E-state index contributed by atoms with van der Waals surface area (Å²) in [6, 6.07) is 14.5. The van der Waals surface area contributed by atoms with Crippen molar-refractivity contribution in [2.45, 2.75) is 12.5 Å². The monoisotopic (exact) mass is 444 g/mol. The van der Waals surface area contributed by atoms with Crippen molar-refractivity contribution >= 4 is 28.7 Å². The number of cyclic esters (lactones) is 1. The SMILES string of the molecule is COc1ccc2c(c1OC)C(=O)O[C@H]2CC(=O)Nc1cccc(-c2nc3ncccc3[nH]2)c1. The highest BCUT2D eigenvalue weighted by Gasteiger charge is 2.36. The molecule has 0 spiro atoms. The number of aromatic nitrogens is 3. The third-order valence-corrected chi connectivity index (χ3v) is 5.43. The molecule has 0 bridgehead atoms. The Morgan fingerprint density at radius 1 is 1.15 bits per heavy atom. The molecule has 2 aromatic carbocycles. The number of hydrogen-bond donors (Lipinski definition) is 2. The molecule has 2 N–H and O–H groups in total. The van der Waals surface area contributed by atoms with E-state index in [2.05, 4.69) is 20.3 Å².